The summed E-state index contributed by atoms with van der Waals surface area (Å²) >= 11 is 1.29. The van der Waals surface area contributed by atoms with Crippen LogP contribution in [-0.2, 0) is 11.3 Å². The molecule has 0 radical (unpaired) electrons. The number of nitrogens with one attached hydrogen (secondary N) is 2. The quantitative estimate of drug-likeness (QED) is 0.628. The van der Waals surface area contributed by atoms with Crippen molar-refractivity contribution in [3.63, 3.8) is 0 Å². The van der Waals surface area contributed by atoms with Gasteiger partial charge in [-0.3, -0.25) is 9.59 Å². The van der Waals surface area contributed by atoms with Gasteiger partial charge in [0.1, 0.15) is 15.7 Å². The summed E-state index contributed by atoms with van der Waals surface area (Å²) in [6, 6.07) is 13.5. The molecular formula is C22H20FN3O2S. The van der Waals surface area contributed by atoms with E-state index < -0.39 is 0 Å². The molecule has 5 nitrogen and oxygen atoms in total. The van der Waals surface area contributed by atoms with Crippen LogP contribution in [0.4, 0.5) is 10.1 Å². The number of anilines is 1. The summed E-state index contributed by atoms with van der Waals surface area (Å²) < 4.78 is 13.1. The number of thiazole rings is 1. The molecule has 2 amide bonds. The molecule has 4 rings (SSSR count). The van der Waals surface area contributed by atoms with Crippen LogP contribution in [0.2, 0.25) is 0 Å². The molecule has 0 aliphatic heterocycles. The Hall–Kier alpha value is -3.06. The molecule has 1 aromatic heterocycles. The molecule has 148 valence electrons. The maximum Gasteiger partial charge on any atom is 0.263 e. The van der Waals surface area contributed by atoms with E-state index in [9.17, 15) is 14.0 Å². The van der Waals surface area contributed by atoms with Gasteiger partial charge in [-0.15, -0.1) is 11.3 Å². The highest BCUT2D eigenvalue weighted by Gasteiger charge is 2.29. The van der Waals surface area contributed by atoms with Crippen LogP contribution in [0, 0.1) is 18.7 Å². The smallest absolute Gasteiger partial charge is 0.263 e. The van der Waals surface area contributed by atoms with Crippen molar-refractivity contribution < 1.29 is 14.0 Å². The molecule has 0 saturated heterocycles. The number of hydrogen-bond donors (Lipinski definition) is 2. The third-order valence-corrected chi connectivity index (χ3v) is 5.92. The summed E-state index contributed by atoms with van der Waals surface area (Å²) in [6.45, 7) is 2.16. The molecular weight excluding hydrogens is 389 g/mol. The Labute approximate surface area is 172 Å². The van der Waals surface area contributed by atoms with Gasteiger partial charge in [0.25, 0.3) is 5.91 Å². The summed E-state index contributed by atoms with van der Waals surface area (Å²) in [5, 5.41) is 6.48. The molecule has 0 spiro atoms. The molecule has 2 N–H and O–H groups in total. The number of carbonyl (C=O) groups is 2. The van der Waals surface area contributed by atoms with Crippen LogP contribution in [-0.4, -0.2) is 16.8 Å². The highest BCUT2D eigenvalue weighted by atomic mass is 32.1. The molecule has 1 fully saturated rings. The van der Waals surface area contributed by atoms with Crippen LogP contribution >= 0.6 is 11.3 Å². The number of carbonyl (C=O) groups excluding carboxylic acids is 2. The van der Waals surface area contributed by atoms with Crippen LogP contribution in [0.3, 0.4) is 0 Å². The predicted octanol–water partition coefficient (Wildman–Crippen LogP) is 4.54. The molecule has 1 aliphatic carbocycles. The van der Waals surface area contributed by atoms with Crippen LogP contribution in [0.15, 0.2) is 48.5 Å². The highest BCUT2D eigenvalue weighted by molar-refractivity contribution is 7.17. The van der Waals surface area contributed by atoms with Gasteiger partial charge in [0.2, 0.25) is 5.91 Å². The number of hydrogen-bond acceptors (Lipinski definition) is 4. The van der Waals surface area contributed by atoms with E-state index in [-0.39, 0.29) is 23.5 Å². The van der Waals surface area contributed by atoms with Crippen molar-refractivity contribution in [1.29, 1.82) is 0 Å². The highest BCUT2D eigenvalue weighted by Crippen LogP contribution is 2.30. The summed E-state index contributed by atoms with van der Waals surface area (Å²) in [5.41, 5.74) is 3.12. The molecule has 1 saturated carbocycles. The van der Waals surface area contributed by atoms with E-state index in [4.69, 9.17) is 0 Å². The standard InChI is InChI=1S/C22H20FN3O2S/c1-13-19(29-22(25-13)16-6-8-17(23)9-7-16)21(28)24-12-14-2-10-18(11-3-14)26-20(27)15-4-5-15/h2-3,6-11,15H,4-5,12H2,1H3,(H,24,28)(H,26,27). The monoisotopic (exact) mass is 409 g/mol. The number of halogens is 1. The van der Waals surface area contributed by atoms with Crippen molar-refractivity contribution in [1.82, 2.24) is 10.3 Å². The zero-order chi connectivity index (χ0) is 20.4. The first kappa shape index (κ1) is 19.3. The number of benzene rings is 2. The third-order valence-electron chi connectivity index (χ3n) is 4.72. The fourth-order valence-corrected chi connectivity index (χ4v) is 3.87. The zero-order valence-electron chi connectivity index (χ0n) is 15.9. The maximum atomic E-state index is 13.1. The lowest BCUT2D eigenvalue weighted by Crippen LogP contribution is -2.22. The van der Waals surface area contributed by atoms with Gasteiger partial charge >= 0.3 is 0 Å². The van der Waals surface area contributed by atoms with Gasteiger partial charge in [-0.25, -0.2) is 9.37 Å². The van der Waals surface area contributed by atoms with Crippen LogP contribution in [0.25, 0.3) is 10.6 Å². The Kier molecular flexibility index (Phi) is 5.40. The molecule has 1 aliphatic rings. The number of amides is 2. The minimum atomic E-state index is -0.307. The number of rotatable bonds is 6. The van der Waals surface area contributed by atoms with Crippen LogP contribution < -0.4 is 10.6 Å². The fraction of sp³-hybridized carbons (Fsp3) is 0.227. The summed E-state index contributed by atoms with van der Waals surface area (Å²) in [5.74, 6) is -0.266. The van der Waals surface area contributed by atoms with Gasteiger partial charge in [-0.05, 0) is 61.7 Å². The van der Waals surface area contributed by atoms with Crippen molar-refractivity contribution in [3.8, 4) is 10.6 Å². The molecule has 3 aromatic rings. The molecule has 0 atom stereocenters. The van der Waals surface area contributed by atoms with Gasteiger partial charge in [0.05, 0.1) is 5.69 Å². The lowest BCUT2D eigenvalue weighted by Gasteiger charge is -2.07. The van der Waals surface area contributed by atoms with Gasteiger partial charge in [0.15, 0.2) is 0 Å². The Bertz CT molecular complexity index is 1040. The molecule has 29 heavy (non-hydrogen) atoms. The third kappa shape index (κ3) is 4.68. The second kappa shape index (κ2) is 8.13. The Morgan fingerprint density at radius 2 is 1.79 bits per heavy atom. The summed E-state index contributed by atoms with van der Waals surface area (Å²) in [7, 11) is 0. The number of nitrogens with zero attached hydrogens (tertiary/aromatic N) is 1. The lowest BCUT2D eigenvalue weighted by molar-refractivity contribution is -0.117. The lowest BCUT2D eigenvalue weighted by atomic mass is 10.2. The Morgan fingerprint density at radius 3 is 2.45 bits per heavy atom. The van der Waals surface area contributed by atoms with E-state index >= 15 is 0 Å². The van der Waals surface area contributed by atoms with Crippen molar-refractivity contribution in [2.24, 2.45) is 5.92 Å². The molecule has 0 unspecified atom stereocenters. The van der Waals surface area contributed by atoms with Crippen molar-refractivity contribution in [2.45, 2.75) is 26.3 Å². The van der Waals surface area contributed by atoms with E-state index in [1.807, 2.05) is 24.3 Å². The van der Waals surface area contributed by atoms with Crippen molar-refractivity contribution in [2.75, 3.05) is 5.32 Å². The molecule has 2 aromatic carbocycles. The van der Waals surface area contributed by atoms with Gasteiger partial charge in [-0.2, -0.15) is 0 Å². The van der Waals surface area contributed by atoms with Gasteiger partial charge < -0.3 is 10.6 Å². The minimum absolute atomic E-state index is 0.0729. The van der Waals surface area contributed by atoms with Gasteiger partial charge in [-0.1, -0.05) is 12.1 Å². The molecule has 7 heteroatoms. The van der Waals surface area contributed by atoms with Gasteiger partial charge in [0, 0.05) is 23.7 Å². The first-order chi connectivity index (χ1) is 14.0. The second-order valence-corrected chi connectivity index (χ2v) is 8.08. The topological polar surface area (TPSA) is 71.1 Å². The van der Waals surface area contributed by atoms with E-state index in [1.165, 1.54) is 23.5 Å². The van der Waals surface area contributed by atoms with Crippen LogP contribution in [0.5, 0.6) is 0 Å². The average molecular weight is 409 g/mol. The van der Waals surface area contributed by atoms with E-state index in [1.54, 1.807) is 19.1 Å². The fourth-order valence-electron chi connectivity index (χ4n) is 2.88. The van der Waals surface area contributed by atoms with E-state index in [0.717, 1.165) is 29.7 Å². The summed E-state index contributed by atoms with van der Waals surface area (Å²) in [4.78, 5) is 29.3. The normalized spacial score (nSPS) is 13.2. The van der Waals surface area contributed by atoms with Crippen molar-refractivity contribution in [3.05, 3.63) is 70.5 Å². The average Bonchev–Trinajstić information content (AvgIpc) is 3.50. The van der Waals surface area contributed by atoms with E-state index in [2.05, 4.69) is 15.6 Å². The predicted molar refractivity (Wildman–Crippen MR) is 111 cm³/mol. The SMILES string of the molecule is Cc1nc(-c2ccc(F)cc2)sc1C(=O)NCc1ccc(NC(=O)C2CC2)cc1. The summed E-state index contributed by atoms with van der Waals surface area (Å²) in [6.07, 6.45) is 1.94. The Morgan fingerprint density at radius 1 is 1.10 bits per heavy atom. The molecule has 1 heterocycles. The first-order valence-electron chi connectivity index (χ1n) is 9.41. The zero-order valence-corrected chi connectivity index (χ0v) is 16.7. The van der Waals surface area contributed by atoms with E-state index in [0.29, 0.717) is 22.1 Å². The number of aryl methyl sites for hydroxylation is 1. The number of aromatic nitrogens is 1. The first-order valence-corrected chi connectivity index (χ1v) is 10.2. The minimum Gasteiger partial charge on any atom is -0.347 e. The van der Waals surface area contributed by atoms with Crippen molar-refractivity contribution >= 4 is 28.8 Å². The van der Waals surface area contributed by atoms with Crippen LogP contribution in [0.1, 0.15) is 33.8 Å². The Balaban J connectivity index is 1.37. The maximum absolute atomic E-state index is 13.1. The second-order valence-electron chi connectivity index (χ2n) is 7.08. The largest absolute Gasteiger partial charge is 0.347 e. The molecule has 0 bridgehead atoms.